The van der Waals surface area contributed by atoms with E-state index in [1.165, 1.54) is 11.3 Å². The number of nitrogens with zero attached hydrogens (tertiary/aromatic N) is 3. The first kappa shape index (κ1) is 25.6. The third-order valence-corrected chi connectivity index (χ3v) is 8.85. The number of carbonyl (C=O) groups is 1. The van der Waals surface area contributed by atoms with Gasteiger partial charge in [0.2, 0.25) is 0 Å². The fraction of sp³-hybridized carbons (Fsp3) is 0.370. The second kappa shape index (κ2) is 10.1. The summed E-state index contributed by atoms with van der Waals surface area (Å²) in [5.74, 6) is 0.0684. The lowest BCUT2D eigenvalue weighted by atomic mass is 9.94. The molecule has 1 aliphatic carbocycles. The minimum absolute atomic E-state index is 0.0480. The van der Waals surface area contributed by atoms with Gasteiger partial charge in [-0.2, -0.15) is 0 Å². The van der Waals surface area contributed by atoms with E-state index in [-0.39, 0.29) is 18.8 Å². The van der Waals surface area contributed by atoms with Crippen LogP contribution in [-0.4, -0.2) is 46.6 Å². The van der Waals surface area contributed by atoms with Crippen LogP contribution < -0.4 is 4.90 Å². The van der Waals surface area contributed by atoms with Crippen molar-refractivity contribution in [2.45, 2.75) is 43.9 Å². The maximum atomic E-state index is 15.7. The van der Waals surface area contributed by atoms with Crippen molar-refractivity contribution in [2.75, 3.05) is 24.6 Å². The number of hydrogen-bond acceptors (Lipinski definition) is 7. The normalized spacial score (nSPS) is 17.3. The molecule has 2 aliphatic rings. The molecule has 11 heteroatoms. The Kier molecular flexibility index (Phi) is 6.80. The fourth-order valence-corrected chi connectivity index (χ4v) is 6.38. The van der Waals surface area contributed by atoms with Gasteiger partial charge in [-0.25, -0.2) is 14.2 Å². The number of carboxylic acids is 1. The zero-order chi connectivity index (χ0) is 26.4. The molecule has 0 radical (unpaired) electrons. The molecule has 7 nitrogen and oxygen atoms in total. The molecule has 2 aromatic carbocycles. The highest BCUT2D eigenvalue weighted by Gasteiger charge is 2.37. The summed E-state index contributed by atoms with van der Waals surface area (Å²) in [5, 5.41) is 15.2. The summed E-state index contributed by atoms with van der Waals surface area (Å²) in [7, 11) is 0. The van der Waals surface area contributed by atoms with E-state index in [0.29, 0.717) is 58.7 Å². The van der Waals surface area contributed by atoms with Crippen LogP contribution in [0.25, 0.3) is 21.5 Å². The molecular weight excluding hydrogens is 552 g/mol. The number of ether oxygens (including phenoxy) is 1. The summed E-state index contributed by atoms with van der Waals surface area (Å²) in [6.07, 6.45) is 2.63. The predicted molar refractivity (Wildman–Crippen MR) is 145 cm³/mol. The molecule has 3 heterocycles. The fourth-order valence-electron chi connectivity index (χ4n) is 4.81. The monoisotopic (exact) mass is 575 g/mol. The van der Waals surface area contributed by atoms with Gasteiger partial charge in [-0.3, -0.25) is 0 Å². The molecule has 0 bridgehead atoms. The highest BCUT2D eigenvalue weighted by molar-refractivity contribution is 7.22. The Labute approximate surface area is 232 Å². The summed E-state index contributed by atoms with van der Waals surface area (Å²) in [5.41, 5.74) is 1.29. The van der Waals surface area contributed by atoms with Gasteiger partial charge in [0.15, 0.2) is 5.13 Å². The number of piperidine rings is 1. The number of rotatable bonds is 8. The smallest absolute Gasteiger partial charge is 0.335 e. The first-order valence-corrected chi connectivity index (χ1v) is 14.0. The SMILES string of the molecule is O=C(O)c1ccc2sc(N3CCC(F)(COCc4c(-c5c(Cl)cccc5Cl)noc4C4CC4)CC3)nc2c1. The molecule has 6 rings (SSSR count). The Morgan fingerprint density at radius 1 is 1.21 bits per heavy atom. The Hall–Kier alpha value is -2.72. The van der Waals surface area contributed by atoms with E-state index in [1.54, 1.807) is 36.4 Å². The Balaban J connectivity index is 1.12. The molecule has 0 spiro atoms. The number of thiazole rings is 1. The topological polar surface area (TPSA) is 88.7 Å². The highest BCUT2D eigenvalue weighted by Crippen LogP contribution is 2.46. The summed E-state index contributed by atoms with van der Waals surface area (Å²) < 4.78 is 28.3. The van der Waals surface area contributed by atoms with E-state index >= 15 is 4.39 Å². The largest absolute Gasteiger partial charge is 0.478 e. The number of alkyl halides is 1. The molecule has 1 aliphatic heterocycles. The van der Waals surface area contributed by atoms with Crippen molar-refractivity contribution in [3.05, 3.63) is 63.3 Å². The van der Waals surface area contributed by atoms with Gasteiger partial charge in [0, 0.05) is 43.0 Å². The average molecular weight is 576 g/mol. The van der Waals surface area contributed by atoms with Crippen molar-refractivity contribution in [1.82, 2.24) is 10.1 Å². The van der Waals surface area contributed by atoms with Crippen LogP contribution in [0.3, 0.4) is 0 Å². The zero-order valence-corrected chi connectivity index (χ0v) is 22.6. The van der Waals surface area contributed by atoms with Crippen LogP contribution in [0.4, 0.5) is 9.52 Å². The molecule has 1 saturated heterocycles. The van der Waals surface area contributed by atoms with Crippen LogP contribution in [0.1, 0.15) is 53.3 Å². The van der Waals surface area contributed by atoms with E-state index < -0.39 is 11.6 Å². The molecular formula is C27H24Cl2FN3O4S. The van der Waals surface area contributed by atoms with Crippen LogP contribution in [-0.2, 0) is 11.3 Å². The quantitative estimate of drug-likeness (QED) is 0.235. The van der Waals surface area contributed by atoms with E-state index in [4.69, 9.17) is 32.5 Å². The minimum atomic E-state index is -1.47. The number of carboxylic acid groups (broad SMARTS) is 1. The van der Waals surface area contributed by atoms with E-state index in [2.05, 4.69) is 10.1 Å². The van der Waals surface area contributed by atoms with Gasteiger partial charge in [0.1, 0.15) is 17.1 Å². The van der Waals surface area contributed by atoms with Gasteiger partial charge >= 0.3 is 5.97 Å². The molecule has 0 amide bonds. The van der Waals surface area contributed by atoms with Gasteiger partial charge in [-0.1, -0.05) is 45.8 Å². The summed E-state index contributed by atoms with van der Waals surface area (Å²) >= 11 is 14.3. The van der Waals surface area contributed by atoms with Gasteiger partial charge in [0.05, 0.1) is 39.0 Å². The average Bonchev–Trinajstić information content (AvgIpc) is 3.51. The van der Waals surface area contributed by atoms with Crippen LogP contribution in [0.2, 0.25) is 10.0 Å². The van der Waals surface area contributed by atoms with Crippen molar-refractivity contribution in [3.63, 3.8) is 0 Å². The standard InChI is InChI=1S/C27H24Cl2FN3O4S/c28-18-2-1-3-19(29)22(18)23-17(24(37-32-23)15-4-5-15)13-36-14-27(30)8-10-33(11-9-27)26-31-20-12-16(25(34)35)6-7-21(20)38-26/h1-3,6-7,12,15H,4-5,8-11,13-14H2,(H,34,35). The number of halogens is 3. The maximum Gasteiger partial charge on any atom is 0.335 e. The van der Waals surface area contributed by atoms with Gasteiger partial charge in [-0.05, 0) is 43.2 Å². The molecule has 0 unspecified atom stereocenters. The van der Waals surface area contributed by atoms with Crippen molar-refractivity contribution >= 4 is 55.9 Å². The lowest BCUT2D eigenvalue weighted by Gasteiger charge is -2.36. The summed E-state index contributed by atoms with van der Waals surface area (Å²) in [4.78, 5) is 17.9. The predicted octanol–water partition coefficient (Wildman–Crippen LogP) is 7.36. The van der Waals surface area contributed by atoms with Crippen molar-refractivity contribution in [3.8, 4) is 11.3 Å². The zero-order valence-electron chi connectivity index (χ0n) is 20.3. The number of anilines is 1. The Bertz CT molecular complexity index is 1490. The van der Waals surface area contributed by atoms with E-state index in [0.717, 1.165) is 34.0 Å². The van der Waals surface area contributed by atoms with E-state index in [1.807, 2.05) is 4.90 Å². The van der Waals surface area contributed by atoms with Crippen LogP contribution in [0.15, 0.2) is 40.9 Å². The second-order valence-electron chi connectivity index (χ2n) is 9.86. The summed E-state index contributed by atoms with van der Waals surface area (Å²) in [6, 6.07) is 10.2. The van der Waals surface area contributed by atoms with Crippen molar-refractivity contribution < 1.29 is 23.6 Å². The lowest BCUT2D eigenvalue weighted by Crippen LogP contribution is -2.44. The third-order valence-electron chi connectivity index (χ3n) is 7.13. The Morgan fingerprint density at radius 3 is 2.63 bits per heavy atom. The molecule has 198 valence electrons. The van der Waals surface area contributed by atoms with Crippen LogP contribution >= 0.6 is 34.5 Å². The molecule has 1 N–H and O–H groups in total. The minimum Gasteiger partial charge on any atom is -0.478 e. The van der Waals surface area contributed by atoms with Gasteiger partial charge in [-0.15, -0.1) is 0 Å². The first-order chi connectivity index (χ1) is 18.3. The molecule has 1 saturated carbocycles. The lowest BCUT2D eigenvalue weighted by molar-refractivity contribution is -0.00757. The Morgan fingerprint density at radius 2 is 1.95 bits per heavy atom. The molecule has 2 aromatic heterocycles. The molecule has 0 atom stereocenters. The van der Waals surface area contributed by atoms with Gasteiger partial charge < -0.3 is 19.3 Å². The van der Waals surface area contributed by atoms with E-state index in [9.17, 15) is 9.90 Å². The number of fused-ring (bicyclic) bond motifs is 1. The molecule has 2 fully saturated rings. The maximum absolute atomic E-state index is 15.7. The highest BCUT2D eigenvalue weighted by atomic mass is 35.5. The number of hydrogen-bond donors (Lipinski definition) is 1. The number of aromatic carboxylic acids is 1. The second-order valence-corrected chi connectivity index (χ2v) is 11.7. The first-order valence-electron chi connectivity index (χ1n) is 12.4. The van der Waals surface area contributed by atoms with Crippen molar-refractivity contribution in [1.29, 1.82) is 0 Å². The summed E-state index contributed by atoms with van der Waals surface area (Å²) in [6.45, 7) is 1.10. The third kappa shape index (κ3) is 5.00. The molecule has 38 heavy (non-hydrogen) atoms. The number of benzene rings is 2. The van der Waals surface area contributed by atoms with Crippen LogP contribution in [0, 0.1) is 0 Å². The van der Waals surface area contributed by atoms with Crippen molar-refractivity contribution in [2.24, 2.45) is 0 Å². The number of aromatic nitrogens is 2. The molecule has 4 aromatic rings. The van der Waals surface area contributed by atoms with Crippen LogP contribution in [0.5, 0.6) is 0 Å². The van der Waals surface area contributed by atoms with Gasteiger partial charge in [0.25, 0.3) is 0 Å².